The van der Waals surface area contributed by atoms with Crippen LogP contribution in [0, 0.1) is 11.7 Å². The molecule has 0 heterocycles. The third-order valence-electron chi connectivity index (χ3n) is 5.00. The third kappa shape index (κ3) is 5.87. The first-order chi connectivity index (χ1) is 13.4. The number of halogens is 1. The molecule has 0 radical (unpaired) electrons. The Kier molecular flexibility index (Phi) is 6.80. The number of hydrogen-bond donors (Lipinski definition) is 2. The van der Waals surface area contributed by atoms with E-state index in [0.29, 0.717) is 30.0 Å². The van der Waals surface area contributed by atoms with Gasteiger partial charge in [-0.1, -0.05) is 37.1 Å². The average molecular weight is 405 g/mol. The highest BCUT2D eigenvalue weighted by Gasteiger charge is 2.18. The summed E-state index contributed by atoms with van der Waals surface area (Å²) in [6, 6.07) is 12.3. The molecule has 28 heavy (non-hydrogen) atoms. The van der Waals surface area contributed by atoms with Gasteiger partial charge in [0, 0.05) is 19.5 Å². The molecule has 1 aliphatic carbocycles. The van der Waals surface area contributed by atoms with Crippen molar-refractivity contribution in [2.24, 2.45) is 5.92 Å². The van der Waals surface area contributed by atoms with Gasteiger partial charge in [0.2, 0.25) is 15.9 Å². The maximum Gasteiger partial charge on any atom is 0.240 e. The van der Waals surface area contributed by atoms with Crippen LogP contribution in [0.1, 0.15) is 43.2 Å². The summed E-state index contributed by atoms with van der Waals surface area (Å²) in [5, 5.41) is 2.87. The van der Waals surface area contributed by atoms with E-state index in [1.807, 2.05) is 0 Å². The summed E-state index contributed by atoms with van der Waals surface area (Å²) in [5.41, 5.74) is 1.26. The second kappa shape index (κ2) is 9.30. The van der Waals surface area contributed by atoms with Crippen molar-refractivity contribution in [3.63, 3.8) is 0 Å². The molecule has 0 aliphatic heterocycles. The smallest absolute Gasteiger partial charge is 0.240 e. The second-order valence-electron chi connectivity index (χ2n) is 7.23. The lowest BCUT2D eigenvalue weighted by Gasteiger charge is -2.11. The first kappa shape index (κ1) is 20.5. The second-order valence-corrected chi connectivity index (χ2v) is 9.00. The van der Waals surface area contributed by atoms with Crippen molar-refractivity contribution in [1.82, 2.24) is 10.0 Å². The van der Waals surface area contributed by atoms with Gasteiger partial charge in [-0.25, -0.2) is 17.5 Å². The van der Waals surface area contributed by atoms with Crippen LogP contribution in [0.4, 0.5) is 4.39 Å². The van der Waals surface area contributed by atoms with Gasteiger partial charge in [-0.05, 0) is 54.2 Å². The maximum atomic E-state index is 13.2. The highest BCUT2D eigenvalue weighted by molar-refractivity contribution is 7.89. The normalized spacial score (nSPS) is 14.9. The highest BCUT2D eigenvalue weighted by atomic mass is 32.2. The molecular weight excluding hydrogens is 379 g/mol. The standard InChI is InChI=1S/C21H25FN2O3S/c22-19-9-3-7-17(11-19)15-24-28(26,27)20-10-4-8-18(12-20)14-23-21(25)13-16-5-1-2-6-16/h3-4,7-12,16,24H,1-2,5-6,13-15H2,(H,23,25). The molecule has 150 valence electrons. The van der Waals surface area contributed by atoms with Crippen LogP contribution in [0.3, 0.4) is 0 Å². The number of hydrogen-bond acceptors (Lipinski definition) is 3. The lowest BCUT2D eigenvalue weighted by molar-refractivity contribution is -0.122. The van der Waals surface area contributed by atoms with Gasteiger partial charge in [0.15, 0.2) is 0 Å². The van der Waals surface area contributed by atoms with Crippen LogP contribution >= 0.6 is 0 Å². The van der Waals surface area contributed by atoms with E-state index >= 15 is 0 Å². The van der Waals surface area contributed by atoms with Gasteiger partial charge in [-0.2, -0.15) is 0 Å². The SMILES string of the molecule is O=C(CC1CCCC1)NCc1cccc(S(=O)(=O)NCc2cccc(F)c2)c1. The predicted molar refractivity (Wildman–Crippen MR) is 105 cm³/mol. The van der Waals surface area contributed by atoms with Crippen molar-refractivity contribution in [2.75, 3.05) is 0 Å². The summed E-state index contributed by atoms with van der Waals surface area (Å²) < 4.78 is 40.7. The molecule has 1 aliphatic rings. The molecule has 1 saturated carbocycles. The monoisotopic (exact) mass is 404 g/mol. The number of sulfonamides is 1. The van der Waals surface area contributed by atoms with E-state index in [4.69, 9.17) is 0 Å². The van der Waals surface area contributed by atoms with Crippen LogP contribution in [0.25, 0.3) is 0 Å². The number of nitrogens with one attached hydrogen (secondary N) is 2. The van der Waals surface area contributed by atoms with Gasteiger partial charge in [0.25, 0.3) is 0 Å². The van der Waals surface area contributed by atoms with Gasteiger partial charge in [-0.15, -0.1) is 0 Å². The number of carbonyl (C=O) groups is 1. The molecule has 3 rings (SSSR count). The van der Waals surface area contributed by atoms with Crippen LogP contribution < -0.4 is 10.0 Å². The zero-order valence-corrected chi connectivity index (χ0v) is 16.5. The van der Waals surface area contributed by atoms with Crippen LogP contribution in [0.5, 0.6) is 0 Å². The van der Waals surface area contributed by atoms with Gasteiger partial charge in [0.1, 0.15) is 5.82 Å². The Labute approximate surface area is 165 Å². The van der Waals surface area contributed by atoms with Crippen molar-refractivity contribution < 1.29 is 17.6 Å². The van der Waals surface area contributed by atoms with Crippen LogP contribution in [0.15, 0.2) is 53.4 Å². The van der Waals surface area contributed by atoms with E-state index in [0.717, 1.165) is 12.8 Å². The molecule has 2 aromatic carbocycles. The average Bonchev–Trinajstić information content (AvgIpc) is 3.18. The molecule has 7 heteroatoms. The third-order valence-corrected chi connectivity index (χ3v) is 6.40. The topological polar surface area (TPSA) is 75.3 Å². The summed E-state index contributed by atoms with van der Waals surface area (Å²) in [6.07, 6.45) is 5.14. The predicted octanol–water partition coefficient (Wildman–Crippen LogP) is 3.50. The Hall–Kier alpha value is -2.25. The number of benzene rings is 2. The Morgan fingerprint density at radius 1 is 1.00 bits per heavy atom. The van der Waals surface area contributed by atoms with E-state index in [1.165, 1.54) is 37.1 Å². The van der Waals surface area contributed by atoms with Crippen LogP contribution in [-0.4, -0.2) is 14.3 Å². The van der Waals surface area contributed by atoms with Gasteiger partial charge < -0.3 is 5.32 Å². The molecule has 0 aromatic heterocycles. The zero-order valence-electron chi connectivity index (χ0n) is 15.7. The summed E-state index contributed by atoms with van der Waals surface area (Å²) in [5.74, 6) is 0.0650. The minimum absolute atomic E-state index is 0.00243. The minimum atomic E-state index is -3.74. The minimum Gasteiger partial charge on any atom is -0.352 e. The zero-order chi connectivity index (χ0) is 20.0. The summed E-state index contributed by atoms with van der Waals surface area (Å²) >= 11 is 0. The molecule has 5 nitrogen and oxygen atoms in total. The maximum absolute atomic E-state index is 13.2. The van der Waals surface area contributed by atoms with E-state index in [9.17, 15) is 17.6 Å². The Balaban J connectivity index is 1.57. The number of carbonyl (C=O) groups excluding carboxylic acids is 1. The van der Waals surface area contributed by atoms with Crippen LogP contribution in [0.2, 0.25) is 0 Å². The van der Waals surface area contributed by atoms with Gasteiger partial charge >= 0.3 is 0 Å². The van der Waals surface area contributed by atoms with E-state index < -0.39 is 15.8 Å². The van der Waals surface area contributed by atoms with Crippen molar-refractivity contribution in [2.45, 2.75) is 50.1 Å². The van der Waals surface area contributed by atoms with E-state index in [2.05, 4.69) is 10.0 Å². The van der Waals surface area contributed by atoms with Crippen molar-refractivity contribution in [1.29, 1.82) is 0 Å². The Morgan fingerprint density at radius 3 is 2.39 bits per heavy atom. The van der Waals surface area contributed by atoms with E-state index in [1.54, 1.807) is 24.3 Å². The number of rotatable bonds is 8. The molecule has 0 bridgehead atoms. The van der Waals surface area contributed by atoms with Crippen molar-refractivity contribution >= 4 is 15.9 Å². The van der Waals surface area contributed by atoms with E-state index in [-0.39, 0.29) is 17.3 Å². The van der Waals surface area contributed by atoms with Crippen LogP contribution in [-0.2, 0) is 27.9 Å². The quantitative estimate of drug-likeness (QED) is 0.707. The molecule has 0 unspecified atom stereocenters. The van der Waals surface area contributed by atoms with Crippen molar-refractivity contribution in [3.8, 4) is 0 Å². The molecule has 1 amide bonds. The fourth-order valence-electron chi connectivity index (χ4n) is 3.48. The molecule has 0 saturated heterocycles. The first-order valence-corrected chi connectivity index (χ1v) is 11.0. The molecule has 2 N–H and O–H groups in total. The molecule has 0 atom stereocenters. The lowest BCUT2D eigenvalue weighted by atomic mass is 10.0. The summed E-state index contributed by atoms with van der Waals surface area (Å²) in [7, 11) is -3.74. The summed E-state index contributed by atoms with van der Waals surface area (Å²) in [4.78, 5) is 12.2. The summed E-state index contributed by atoms with van der Waals surface area (Å²) in [6.45, 7) is 0.293. The molecule has 0 spiro atoms. The first-order valence-electron chi connectivity index (χ1n) is 9.52. The molecule has 1 fully saturated rings. The fourth-order valence-corrected chi connectivity index (χ4v) is 4.57. The fraction of sp³-hybridized carbons (Fsp3) is 0.381. The van der Waals surface area contributed by atoms with Gasteiger partial charge in [0.05, 0.1) is 4.90 Å². The molecule has 2 aromatic rings. The van der Waals surface area contributed by atoms with Crippen molar-refractivity contribution in [3.05, 3.63) is 65.5 Å². The Morgan fingerprint density at radius 2 is 1.68 bits per heavy atom. The number of amides is 1. The lowest BCUT2D eigenvalue weighted by Crippen LogP contribution is -2.25. The largest absolute Gasteiger partial charge is 0.352 e. The van der Waals surface area contributed by atoms with Gasteiger partial charge in [-0.3, -0.25) is 4.79 Å². The molecular formula is C21H25FN2O3S. The highest BCUT2D eigenvalue weighted by Crippen LogP contribution is 2.27. The Bertz CT molecular complexity index is 925.